The Kier molecular flexibility index (Phi) is 5.10. The molecule has 0 radical (unpaired) electrons. The molecule has 0 aliphatic carbocycles. The standard InChI is InChI=1S/C15H21NO3/c1-15(2,3)19-14(18)16(4)13(11-17)10-12-8-6-5-7-9-12/h5-9,11,13H,10H2,1-4H3/t13-/m1/s1. The quantitative estimate of drug-likeness (QED) is 0.785. The van der Waals surface area contributed by atoms with Crippen molar-refractivity contribution < 1.29 is 14.3 Å². The maximum Gasteiger partial charge on any atom is 0.410 e. The summed E-state index contributed by atoms with van der Waals surface area (Å²) < 4.78 is 5.25. The van der Waals surface area contributed by atoms with Crippen molar-refractivity contribution in [2.24, 2.45) is 0 Å². The van der Waals surface area contributed by atoms with Crippen molar-refractivity contribution in [3.8, 4) is 0 Å². The van der Waals surface area contributed by atoms with E-state index in [1.54, 1.807) is 27.8 Å². The highest BCUT2D eigenvalue weighted by molar-refractivity contribution is 5.73. The number of rotatable bonds is 4. The van der Waals surface area contributed by atoms with Gasteiger partial charge in [0.1, 0.15) is 11.9 Å². The zero-order valence-electron chi connectivity index (χ0n) is 11.9. The van der Waals surface area contributed by atoms with Gasteiger partial charge in [0, 0.05) is 7.05 Å². The lowest BCUT2D eigenvalue weighted by atomic mass is 10.1. The molecular weight excluding hydrogens is 242 g/mol. The van der Waals surface area contributed by atoms with E-state index in [-0.39, 0.29) is 0 Å². The van der Waals surface area contributed by atoms with Crippen LogP contribution in [0.2, 0.25) is 0 Å². The number of amides is 1. The smallest absolute Gasteiger partial charge is 0.410 e. The van der Waals surface area contributed by atoms with Crippen LogP contribution in [-0.4, -0.2) is 36.0 Å². The molecule has 1 aromatic carbocycles. The second-order valence-electron chi connectivity index (χ2n) is 5.48. The van der Waals surface area contributed by atoms with Crippen molar-refractivity contribution in [1.29, 1.82) is 0 Å². The van der Waals surface area contributed by atoms with Crippen LogP contribution in [0.15, 0.2) is 30.3 Å². The van der Waals surface area contributed by atoms with E-state index in [0.717, 1.165) is 11.8 Å². The molecule has 0 aliphatic heterocycles. The Morgan fingerprint density at radius 3 is 2.37 bits per heavy atom. The largest absolute Gasteiger partial charge is 0.444 e. The Labute approximate surface area is 114 Å². The molecule has 0 spiro atoms. The second kappa shape index (κ2) is 6.36. The van der Waals surface area contributed by atoms with E-state index in [1.807, 2.05) is 30.3 Å². The number of aldehydes is 1. The van der Waals surface area contributed by atoms with Gasteiger partial charge in [0.05, 0.1) is 6.04 Å². The summed E-state index contributed by atoms with van der Waals surface area (Å²) in [5, 5.41) is 0. The van der Waals surface area contributed by atoms with Crippen molar-refractivity contribution in [3.05, 3.63) is 35.9 Å². The van der Waals surface area contributed by atoms with Crippen molar-refractivity contribution in [2.75, 3.05) is 7.05 Å². The van der Waals surface area contributed by atoms with Crippen molar-refractivity contribution in [3.63, 3.8) is 0 Å². The molecule has 0 unspecified atom stereocenters. The molecule has 0 aromatic heterocycles. The highest BCUT2D eigenvalue weighted by Crippen LogP contribution is 2.12. The van der Waals surface area contributed by atoms with Crippen LogP contribution in [0, 0.1) is 0 Å². The van der Waals surface area contributed by atoms with Gasteiger partial charge in [0.25, 0.3) is 0 Å². The van der Waals surface area contributed by atoms with Crippen LogP contribution in [0.4, 0.5) is 4.79 Å². The topological polar surface area (TPSA) is 46.6 Å². The third kappa shape index (κ3) is 5.12. The van der Waals surface area contributed by atoms with Gasteiger partial charge in [0.2, 0.25) is 0 Å². The van der Waals surface area contributed by atoms with E-state index in [1.165, 1.54) is 4.90 Å². The van der Waals surface area contributed by atoms with Crippen LogP contribution in [-0.2, 0) is 16.0 Å². The predicted molar refractivity (Wildman–Crippen MR) is 74.0 cm³/mol. The molecule has 1 amide bonds. The maximum atomic E-state index is 11.9. The molecule has 1 aromatic rings. The minimum absolute atomic E-state index is 0.486. The Hall–Kier alpha value is -1.84. The molecule has 4 heteroatoms. The zero-order valence-corrected chi connectivity index (χ0v) is 11.9. The average Bonchev–Trinajstić information content (AvgIpc) is 2.34. The minimum Gasteiger partial charge on any atom is -0.444 e. The predicted octanol–water partition coefficient (Wildman–Crippen LogP) is 2.66. The number of hydrogen-bond donors (Lipinski definition) is 0. The number of nitrogens with zero attached hydrogens (tertiary/aromatic N) is 1. The molecule has 0 N–H and O–H groups in total. The molecule has 104 valence electrons. The van der Waals surface area contributed by atoms with E-state index >= 15 is 0 Å². The molecule has 0 aliphatic rings. The van der Waals surface area contributed by atoms with Crippen LogP contribution in [0.25, 0.3) is 0 Å². The summed E-state index contributed by atoms with van der Waals surface area (Å²) in [4.78, 5) is 24.4. The van der Waals surface area contributed by atoms with Gasteiger partial charge in [-0.25, -0.2) is 4.79 Å². The van der Waals surface area contributed by atoms with Gasteiger partial charge in [-0.15, -0.1) is 0 Å². The monoisotopic (exact) mass is 263 g/mol. The van der Waals surface area contributed by atoms with Crippen molar-refractivity contribution >= 4 is 12.4 Å². The normalized spacial score (nSPS) is 12.6. The third-order valence-corrected chi connectivity index (χ3v) is 2.62. The van der Waals surface area contributed by atoms with Gasteiger partial charge in [-0.1, -0.05) is 30.3 Å². The molecule has 0 bridgehead atoms. The van der Waals surface area contributed by atoms with Crippen molar-refractivity contribution in [2.45, 2.75) is 38.8 Å². The molecule has 0 heterocycles. The highest BCUT2D eigenvalue weighted by atomic mass is 16.6. The summed E-state index contributed by atoms with van der Waals surface area (Å²) in [5.74, 6) is 0. The average molecular weight is 263 g/mol. The number of carbonyl (C=O) groups excluding carboxylic acids is 2. The van der Waals surface area contributed by atoms with Gasteiger partial charge < -0.3 is 14.4 Å². The van der Waals surface area contributed by atoms with Gasteiger partial charge >= 0.3 is 6.09 Å². The van der Waals surface area contributed by atoms with Crippen LogP contribution < -0.4 is 0 Å². The van der Waals surface area contributed by atoms with Crippen LogP contribution >= 0.6 is 0 Å². The maximum absolute atomic E-state index is 11.9. The highest BCUT2D eigenvalue weighted by Gasteiger charge is 2.25. The minimum atomic E-state index is -0.564. The lowest BCUT2D eigenvalue weighted by Gasteiger charge is -2.28. The SMILES string of the molecule is CN(C(=O)OC(C)(C)C)[C@@H](C=O)Cc1ccccc1. The molecule has 0 fully saturated rings. The molecular formula is C15H21NO3. The molecule has 0 saturated heterocycles. The van der Waals surface area contributed by atoms with E-state index in [2.05, 4.69) is 0 Å². The number of ether oxygens (including phenoxy) is 1. The lowest BCUT2D eigenvalue weighted by molar-refractivity contribution is -0.112. The van der Waals surface area contributed by atoms with E-state index in [9.17, 15) is 9.59 Å². The van der Waals surface area contributed by atoms with Gasteiger partial charge in [-0.05, 0) is 32.8 Å². The summed E-state index contributed by atoms with van der Waals surface area (Å²) in [6.07, 6.45) is 0.775. The lowest BCUT2D eigenvalue weighted by Crippen LogP contribution is -2.42. The van der Waals surface area contributed by atoms with Crippen LogP contribution in [0.3, 0.4) is 0 Å². The van der Waals surface area contributed by atoms with Crippen LogP contribution in [0.5, 0.6) is 0 Å². The summed E-state index contributed by atoms with van der Waals surface area (Å²) in [6.45, 7) is 5.39. The fourth-order valence-corrected chi connectivity index (χ4v) is 1.60. The van der Waals surface area contributed by atoms with E-state index in [0.29, 0.717) is 6.42 Å². The third-order valence-electron chi connectivity index (χ3n) is 2.62. The first-order valence-corrected chi connectivity index (χ1v) is 6.28. The van der Waals surface area contributed by atoms with Gasteiger partial charge in [-0.3, -0.25) is 0 Å². The first-order chi connectivity index (χ1) is 8.83. The fourth-order valence-electron chi connectivity index (χ4n) is 1.60. The number of carbonyl (C=O) groups is 2. The molecule has 0 saturated carbocycles. The molecule has 19 heavy (non-hydrogen) atoms. The number of hydrogen-bond acceptors (Lipinski definition) is 3. The van der Waals surface area contributed by atoms with E-state index in [4.69, 9.17) is 4.74 Å². The zero-order chi connectivity index (χ0) is 14.5. The van der Waals surface area contributed by atoms with Crippen LogP contribution in [0.1, 0.15) is 26.3 Å². The summed E-state index contributed by atoms with van der Waals surface area (Å²) in [5.41, 5.74) is 0.445. The number of likely N-dealkylation sites (N-methyl/N-ethyl adjacent to an activating group) is 1. The first kappa shape index (κ1) is 15.2. The number of benzene rings is 1. The Morgan fingerprint density at radius 1 is 1.32 bits per heavy atom. The van der Waals surface area contributed by atoms with Gasteiger partial charge in [-0.2, -0.15) is 0 Å². The summed E-state index contributed by atoms with van der Waals surface area (Å²) in [6, 6.07) is 9.07. The van der Waals surface area contributed by atoms with Gasteiger partial charge in [0.15, 0.2) is 0 Å². The molecule has 1 rings (SSSR count). The first-order valence-electron chi connectivity index (χ1n) is 6.28. The Bertz CT molecular complexity index is 423. The summed E-state index contributed by atoms with van der Waals surface area (Å²) >= 11 is 0. The second-order valence-corrected chi connectivity index (χ2v) is 5.48. The Morgan fingerprint density at radius 2 is 1.89 bits per heavy atom. The fraction of sp³-hybridized carbons (Fsp3) is 0.467. The van der Waals surface area contributed by atoms with E-state index < -0.39 is 17.7 Å². The molecule has 1 atom stereocenters. The Balaban J connectivity index is 2.69. The van der Waals surface area contributed by atoms with Crippen molar-refractivity contribution in [1.82, 2.24) is 4.90 Å². The molecule has 4 nitrogen and oxygen atoms in total. The summed E-state index contributed by atoms with van der Waals surface area (Å²) in [7, 11) is 1.58.